The second-order valence-electron chi connectivity index (χ2n) is 7.54. The molecule has 0 bridgehead atoms. The lowest BCUT2D eigenvalue weighted by Crippen LogP contribution is -2.49. The predicted octanol–water partition coefficient (Wildman–Crippen LogP) is 2.11. The Morgan fingerprint density at radius 2 is 1.66 bits per heavy atom. The molecule has 0 aromatic heterocycles. The van der Waals surface area contributed by atoms with Gasteiger partial charge in [-0.3, -0.25) is 4.79 Å². The Morgan fingerprint density at radius 1 is 1.07 bits per heavy atom. The van der Waals surface area contributed by atoms with Crippen molar-refractivity contribution in [1.29, 1.82) is 0 Å². The van der Waals surface area contributed by atoms with Crippen LogP contribution in [0.15, 0.2) is 35.4 Å². The number of methoxy groups -OCH3 is 2. The average Bonchev–Trinajstić information content (AvgIpc) is 3.06. The summed E-state index contributed by atoms with van der Waals surface area (Å²) < 4.78 is 15.1. The fraction of sp³-hybridized carbons (Fsp3) is 0.500. The molecule has 0 spiro atoms. The van der Waals surface area contributed by atoms with Gasteiger partial charge in [-0.15, -0.1) is 0 Å². The zero-order chi connectivity index (χ0) is 21.8. The van der Waals surface area contributed by atoms with E-state index in [-0.39, 0.29) is 5.71 Å². The number of amides is 1. The first-order chi connectivity index (χ1) is 13.6. The van der Waals surface area contributed by atoms with Gasteiger partial charge in [-0.25, -0.2) is 14.6 Å². The average molecular weight is 405 g/mol. The van der Waals surface area contributed by atoms with Gasteiger partial charge in [0.25, 0.3) is 0 Å². The van der Waals surface area contributed by atoms with Crippen molar-refractivity contribution >= 4 is 29.4 Å². The van der Waals surface area contributed by atoms with Crippen LogP contribution in [0.5, 0.6) is 0 Å². The minimum absolute atomic E-state index is 0.266. The van der Waals surface area contributed by atoms with Crippen LogP contribution in [-0.2, 0) is 23.8 Å². The topological polar surface area (TPSA) is 107 Å². The molecule has 9 heteroatoms. The highest BCUT2D eigenvalue weighted by Gasteiger charge is 2.50. The maximum absolute atomic E-state index is 12.6. The number of nitrogens with zero attached hydrogens (tertiary/aromatic N) is 2. The zero-order valence-electron chi connectivity index (χ0n) is 17.5. The van der Waals surface area contributed by atoms with E-state index in [1.165, 1.54) is 19.2 Å². The molecule has 0 radical (unpaired) electrons. The van der Waals surface area contributed by atoms with Crippen molar-refractivity contribution in [3.8, 4) is 0 Å². The van der Waals surface area contributed by atoms with Crippen LogP contribution >= 0.6 is 0 Å². The SMILES string of the molecule is COC(=O)[C@H]1C([C@H](C)NC(=O)OC(C)(C)C)=NN(c2ccccc2)[C@@H]1C(=O)OC. The Hall–Kier alpha value is -3.10. The summed E-state index contributed by atoms with van der Waals surface area (Å²) in [6.07, 6.45) is -0.663. The van der Waals surface area contributed by atoms with Crippen LogP contribution in [0, 0.1) is 5.92 Å². The highest BCUT2D eigenvalue weighted by atomic mass is 16.6. The number of rotatable bonds is 5. The van der Waals surface area contributed by atoms with Crippen molar-refractivity contribution in [2.75, 3.05) is 19.2 Å². The number of para-hydroxylation sites is 1. The minimum atomic E-state index is -1.06. The number of carbonyl (C=O) groups excluding carboxylic acids is 3. The van der Waals surface area contributed by atoms with Crippen molar-refractivity contribution in [3.05, 3.63) is 30.3 Å². The van der Waals surface area contributed by atoms with E-state index >= 15 is 0 Å². The molecule has 0 saturated heterocycles. The molecule has 1 aromatic carbocycles. The van der Waals surface area contributed by atoms with Gasteiger partial charge in [-0.1, -0.05) is 18.2 Å². The maximum Gasteiger partial charge on any atom is 0.408 e. The number of benzene rings is 1. The molecular formula is C20H27N3O6. The Kier molecular flexibility index (Phi) is 6.84. The lowest BCUT2D eigenvalue weighted by Gasteiger charge is -2.25. The molecular weight excluding hydrogens is 378 g/mol. The molecule has 2 rings (SSSR count). The number of anilines is 1. The number of hydrazone groups is 1. The van der Waals surface area contributed by atoms with E-state index in [0.717, 1.165) is 0 Å². The highest BCUT2D eigenvalue weighted by molar-refractivity contribution is 6.12. The van der Waals surface area contributed by atoms with E-state index in [2.05, 4.69) is 10.4 Å². The summed E-state index contributed by atoms with van der Waals surface area (Å²) in [6, 6.07) is 7.13. The number of nitrogens with one attached hydrogen (secondary N) is 1. The van der Waals surface area contributed by atoms with Crippen LogP contribution in [-0.4, -0.2) is 55.6 Å². The van der Waals surface area contributed by atoms with Crippen molar-refractivity contribution < 1.29 is 28.6 Å². The number of esters is 2. The Labute approximate surface area is 170 Å². The normalized spacial score (nSPS) is 19.8. The van der Waals surface area contributed by atoms with Gasteiger partial charge in [0.05, 0.1) is 31.7 Å². The molecule has 1 amide bonds. The molecule has 1 heterocycles. The first kappa shape index (κ1) is 22.2. The van der Waals surface area contributed by atoms with Crippen molar-refractivity contribution in [1.82, 2.24) is 5.32 Å². The summed E-state index contributed by atoms with van der Waals surface area (Å²) in [5.41, 5.74) is 0.173. The number of hydrogen-bond donors (Lipinski definition) is 1. The highest BCUT2D eigenvalue weighted by Crippen LogP contribution is 2.31. The van der Waals surface area contributed by atoms with Gasteiger partial charge in [-0.2, -0.15) is 5.10 Å². The van der Waals surface area contributed by atoms with Crippen molar-refractivity contribution in [2.24, 2.45) is 11.0 Å². The first-order valence-electron chi connectivity index (χ1n) is 9.17. The van der Waals surface area contributed by atoms with E-state index in [1.54, 1.807) is 52.0 Å². The molecule has 0 aliphatic carbocycles. The Bertz CT molecular complexity index is 787. The molecule has 3 atom stereocenters. The number of hydrogen-bond acceptors (Lipinski definition) is 8. The van der Waals surface area contributed by atoms with E-state index in [9.17, 15) is 14.4 Å². The summed E-state index contributed by atoms with van der Waals surface area (Å²) in [5.74, 6) is -2.36. The van der Waals surface area contributed by atoms with Gasteiger partial charge in [-0.05, 0) is 39.8 Å². The van der Waals surface area contributed by atoms with Crippen molar-refractivity contribution in [2.45, 2.75) is 45.4 Å². The van der Waals surface area contributed by atoms with Gasteiger partial charge in [0, 0.05) is 0 Å². The van der Waals surface area contributed by atoms with Crippen LogP contribution in [0.25, 0.3) is 0 Å². The van der Waals surface area contributed by atoms with Gasteiger partial charge in [0.1, 0.15) is 11.5 Å². The third kappa shape index (κ3) is 5.24. The first-order valence-corrected chi connectivity index (χ1v) is 9.17. The Balaban J connectivity index is 2.41. The fourth-order valence-electron chi connectivity index (χ4n) is 3.00. The zero-order valence-corrected chi connectivity index (χ0v) is 17.5. The van der Waals surface area contributed by atoms with Crippen LogP contribution in [0.4, 0.5) is 10.5 Å². The third-order valence-electron chi connectivity index (χ3n) is 4.22. The molecule has 158 valence electrons. The summed E-state index contributed by atoms with van der Waals surface area (Å²) >= 11 is 0. The molecule has 1 aliphatic rings. The quantitative estimate of drug-likeness (QED) is 0.591. The summed E-state index contributed by atoms with van der Waals surface area (Å²) in [5, 5.41) is 8.56. The van der Waals surface area contributed by atoms with Crippen LogP contribution in [0.2, 0.25) is 0 Å². The van der Waals surface area contributed by atoms with E-state index in [4.69, 9.17) is 14.2 Å². The summed E-state index contributed by atoms with van der Waals surface area (Å²) in [4.78, 5) is 37.3. The van der Waals surface area contributed by atoms with Gasteiger partial charge >= 0.3 is 18.0 Å². The molecule has 9 nitrogen and oxygen atoms in total. The second kappa shape index (κ2) is 8.93. The monoisotopic (exact) mass is 405 g/mol. The van der Waals surface area contributed by atoms with E-state index in [1.807, 2.05) is 6.07 Å². The molecule has 1 N–H and O–H groups in total. The van der Waals surface area contributed by atoms with Gasteiger partial charge in [0.2, 0.25) is 0 Å². The summed E-state index contributed by atoms with van der Waals surface area (Å²) in [7, 11) is 2.46. The Morgan fingerprint density at radius 3 is 2.17 bits per heavy atom. The van der Waals surface area contributed by atoms with Crippen LogP contribution < -0.4 is 10.3 Å². The number of alkyl carbamates (subject to hydrolysis) is 1. The van der Waals surface area contributed by atoms with E-state index in [0.29, 0.717) is 5.69 Å². The largest absolute Gasteiger partial charge is 0.468 e. The predicted molar refractivity (Wildman–Crippen MR) is 106 cm³/mol. The van der Waals surface area contributed by atoms with Crippen molar-refractivity contribution in [3.63, 3.8) is 0 Å². The number of carbonyl (C=O) groups is 3. The lowest BCUT2D eigenvalue weighted by atomic mass is 9.91. The maximum atomic E-state index is 12.6. The third-order valence-corrected chi connectivity index (χ3v) is 4.22. The molecule has 1 aromatic rings. The van der Waals surface area contributed by atoms with Crippen LogP contribution in [0.3, 0.4) is 0 Å². The standard InChI is InChI=1S/C20H27N3O6/c1-12(21-19(26)29-20(2,3)4)15-14(17(24)27-5)16(18(25)28-6)23(22-15)13-10-8-7-9-11-13/h7-12,14,16H,1-6H3,(H,21,26)/t12-,14-,16-/m0/s1. The molecule has 0 unspecified atom stereocenters. The van der Waals surface area contributed by atoms with Gasteiger partial charge in [0.15, 0.2) is 6.04 Å². The summed E-state index contributed by atoms with van der Waals surface area (Å²) in [6.45, 7) is 6.88. The smallest absolute Gasteiger partial charge is 0.408 e. The molecule has 29 heavy (non-hydrogen) atoms. The lowest BCUT2D eigenvalue weighted by molar-refractivity contribution is -0.150. The molecule has 0 saturated carbocycles. The molecule has 0 fully saturated rings. The number of ether oxygens (including phenoxy) is 3. The van der Waals surface area contributed by atoms with Gasteiger partial charge < -0.3 is 19.5 Å². The second-order valence-corrected chi connectivity index (χ2v) is 7.54. The molecule has 1 aliphatic heterocycles. The van der Waals surface area contributed by atoms with E-state index < -0.39 is 41.6 Å². The van der Waals surface area contributed by atoms with Crippen LogP contribution in [0.1, 0.15) is 27.7 Å². The minimum Gasteiger partial charge on any atom is -0.468 e. The fourth-order valence-corrected chi connectivity index (χ4v) is 3.00.